The van der Waals surface area contributed by atoms with Gasteiger partial charge in [-0.2, -0.15) is 0 Å². The minimum atomic E-state index is 0. The number of piperazine rings is 1. The lowest BCUT2D eigenvalue weighted by Gasteiger charge is -2.36. The number of benzene rings is 1. The van der Waals surface area contributed by atoms with E-state index in [9.17, 15) is 0 Å². The molecule has 0 unspecified atom stereocenters. The molecule has 178 valence electrons. The molecule has 9 heteroatoms. The van der Waals surface area contributed by atoms with Crippen LogP contribution in [0.2, 0.25) is 0 Å². The van der Waals surface area contributed by atoms with Gasteiger partial charge in [0.25, 0.3) is 0 Å². The molecule has 1 aromatic carbocycles. The number of nitrogens with zero attached hydrogens (tertiary/aromatic N) is 4. The van der Waals surface area contributed by atoms with Crippen LogP contribution >= 0.6 is 35.3 Å². The summed E-state index contributed by atoms with van der Waals surface area (Å²) in [6.07, 6.45) is 5.09. The van der Waals surface area contributed by atoms with Crippen LogP contribution in [0.25, 0.3) is 0 Å². The van der Waals surface area contributed by atoms with E-state index in [4.69, 9.17) is 4.74 Å². The van der Waals surface area contributed by atoms with Crippen molar-refractivity contribution in [3.8, 4) is 5.75 Å². The second kappa shape index (κ2) is 14.5. The quantitative estimate of drug-likeness (QED) is 0.197. The Kier molecular flexibility index (Phi) is 12.1. The summed E-state index contributed by atoms with van der Waals surface area (Å²) in [5.74, 6) is 1.78. The van der Waals surface area contributed by atoms with Gasteiger partial charge in [0.2, 0.25) is 0 Å². The van der Waals surface area contributed by atoms with Crippen molar-refractivity contribution in [2.75, 3.05) is 64.9 Å². The van der Waals surface area contributed by atoms with Crippen molar-refractivity contribution in [1.29, 1.82) is 0 Å². The molecule has 1 aromatic heterocycles. The fraction of sp³-hybridized carbons (Fsp3) is 0.565. The number of guanidine groups is 1. The number of ether oxygens (including phenoxy) is 1. The van der Waals surface area contributed by atoms with E-state index in [0.29, 0.717) is 0 Å². The first-order valence-corrected chi connectivity index (χ1v) is 12.0. The van der Waals surface area contributed by atoms with Gasteiger partial charge in [-0.05, 0) is 43.7 Å². The summed E-state index contributed by atoms with van der Waals surface area (Å²) in [5.41, 5.74) is 1.28. The van der Waals surface area contributed by atoms with Gasteiger partial charge in [0.15, 0.2) is 5.96 Å². The zero-order valence-corrected chi connectivity index (χ0v) is 22.6. The third-order valence-electron chi connectivity index (χ3n) is 5.56. The molecule has 1 fully saturated rings. The monoisotopic (exact) mass is 572 g/mol. The van der Waals surface area contributed by atoms with Crippen molar-refractivity contribution in [1.82, 2.24) is 20.5 Å². The van der Waals surface area contributed by atoms with Crippen LogP contribution in [0.1, 0.15) is 23.2 Å². The second-order valence-electron chi connectivity index (χ2n) is 7.63. The highest BCUT2D eigenvalue weighted by molar-refractivity contribution is 14.0. The molecule has 2 aromatic rings. The molecule has 0 aliphatic carbocycles. The molecule has 0 amide bonds. The molecule has 0 saturated carbocycles. The van der Waals surface area contributed by atoms with E-state index in [-0.39, 0.29) is 24.0 Å². The minimum Gasteiger partial charge on any atom is -0.497 e. The minimum absolute atomic E-state index is 0. The number of anilines is 1. The molecule has 0 spiro atoms. The molecule has 32 heavy (non-hydrogen) atoms. The number of aromatic nitrogens is 1. The summed E-state index contributed by atoms with van der Waals surface area (Å²) in [5, 5.41) is 8.01. The Morgan fingerprint density at radius 3 is 2.47 bits per heavy atom. The van der Waals surface area contributed by atoms with Gasteiger partial charge in [-0.3, -0.25) is 9.89 Å². The third-order valence-corrected chi connectivity index (χ3v) is 6.76. The number of nitrogens with one attached hydrogen (secondary N) is 2. The average molecular weight is 573 g/mol. The van der Waals surface area contributed by atoms with Gasteiger partial charge in [0.05, 0.1) is 12.1 Å². The maximum absolute atomic E-state index is 5.25. The van der Waals surface area contributed by atoms with Crippen molar-refractivity contribution in [3.05, 3.63) is 40.3 Å². The lowest BCUT2D eigenvalue weighted by molar-refractivity contribution is 0.255. The Morgan fingerprint density at radius 2 is 1.84 bits per heavy atom. The largest absolute Gasteiger partial charge is 0.497 e. The van der Waals surface area contributed by atoms with Gasteiger partial charge in [-0.1, -0.05) is 6.92 Å². The van der Waals surface area contributed by atoms with Gasteiger partial charge in [-0.15, -0.1) is 35.3 Å². The SMILES string of the molecule is CCc1cnc(CCNC(=NC)NCCCN2CCN(c3ccc(OC)cc3)CC2)s1.I. The molecular weight excluding hydrogens is 535 g/mol. The maximum atomic E-state index is 5.25. The van der Waals surface area contributed by atoms with Crippen LogP contribution in [0.3, 0.4) is 0 Å². The Bertz CT molecular complexity index is 805. The number of halogens is 1. The summed E-state index contributed by atoms with van der Waals surface area (Å²) in [7, 11) is 3.53. The fourth-order valence-corrected chi connectivity index (χ4v) is 4.53. The summed E-state index contributed by atoms with van der Waals surface area (Å²) in [6, 6.07) is 8.36. The highest BCUT2D eigenvalue weighted by Gasteiger charge is 2.16. The van der Waals surface area contributed by atoms with E-state index < -0.39 is 0 Å². The first-order chi connectivity index (χ1) is 15.2. The van der Waals surface area contributed by atoms with Crippen LogP contribution in [-0.4, -0.2) is 75.8 Å². The van der Waals surface area contributed by atoms with E-state index in [0.717, 1.165) is 76.8 Å². The van der Waals surface area contributed by atoms with Crippen LogP contribution in [-0.2, 0) is 12.8 Å². The van der Waals surface area contributed by atoms with Gasteiger partial charge < -0.3 is 20.3 Å². The predicted molar refractivity (Wildman–Crippen MR) is 146 cm³/mol. The Balaban J connectivity index is 0.00000363. The fourth-order valence-electron chi connectivity index (χ4n) is 3.67. The van der Waals surface area contributed by atoms with E-state index >= 15 is 0 Å². The second-order valence-corrected chi connectivity index (χ2v) is 8.83. The molecular formula is C23H37IN6OS. The van der Waals surface area contributed by atoms with E-state index in [1.807, 2.05) is 25.4 Å². The van der Waals surface area contributed by atoms with Crippen LogP contribution in [0.15, 0.2) is 35.5 Å². The van der Waals surface area contributed by atoms with E-state index in [1.165, 1.54) is 15.6 Å². The normalized spacial score (nSPS) is 14.7. The lowest BCUT2D eigenvalue weighted by Crippen LogP contribution is -2.47. The lowest BCUT2D eigenvalue weighted by atomic mass is 10.2. The van der Waals surface area contributed by atoms with Crippen molar-refractivity contribution in [2.45, 2.75) is 26.2 Å². The number of hydrogen-bond donors (Lipinski definition) is 2. The molecule has 1 saturated heterocycles. The van der Waals surface area contributed by atoms with Crippen molar-refractivity contribution in [3.63, 3.8) is 0 Å². The molecule has 1 aliphatic rings. The number of thiazole rings is 1. The molecule has 2 heterocycles. The van der Waals surface area contributed by atoms with Gasteiger partial charge in [-0.25, -0.2) is 4.98 Å². The number of aliphatic imine (C=N–C) groups is 1. The molecule has 0 atom stereocenters. The highest BCUT2D eigenvalue weighted by atomic mass is 127. The average Bonchev–Trinajstić information content (AvgIpc) is 3.29. The summed E-state index contributed by atoms with van der Waals surface area (Å²) < 4.78 is 5.25. The van der Waals surface area contributed by atoms with E-state index in [1.54, 1.807) is 18.4 Å². The van der Waals surface area contributed by atoms with Crippen LogP contribution in [0.4, 0.5) is 5.69 Å². The smallest absolute Gasteiger partial charge is 0.190 e. The molecule has 1 aliphatic heterocycles. The van der Waals surface area contributed by atoms with Crippen LogP contribution in [0, 0.1) is 0 Å². The Hall–Kier alpha value is -1.59. The summed E-state index contributed by atoms with van der Waals surface area (Å²) >= 11 is 1.80. The van der Waals surface area contributed by atoms with Crippen molar-refractivity contribution >= 4 is 47.0 Å². The summed E-state index contributed by atoms with van der Waals surface area (Å²) in [4.78, 5) is 15.1. The Morgan fingerprint density at radius 1 is 1.12 bits per heavy atom. The molecule has 7 nitrogen and oxygen atoms in total. The zero-order chi connectivity index (χ0) is 21.9. The van der Waals surface area contributed by atoms with E-state index in [2.05, 4.69) is 49.5 Å². The first-order valence-electron chi connectivity index (χ1n) is 11.2. The molecule has 0 radical (unpaired) electrons. The van der Waals surface area contributed by atoms with Crippen molar-refractivity contribution in [2.24, 2.45) is 4.99 Å². The highest BCUT2D eigenvalue weighted by Crippen LogP contribution is 2.20. The third kappa shape index (κ3) is 8.40. The van der Waals surface area contributed by atoms with Crippen molar-refractivity contribution < 1.29 is 4.74 Å². The molecule has 0 bridgehead atoms. The van der Waals surface area contributed by atoms with Gasteiger partial charge >= 0.3 is 0 Å². The number of rotatable bonds is 10. The standard InChI is InChI=1S/C23H36N6OS.HI/c1-4-21-18-27-22(31-21)10-12-26-23(24-2)25-11-5-13-28-14-16-29(17-15-28)19-6-8-20(30-3)9-7-19;/h6-9,18H,4-5,10-17H2,1-3H3,(H2,24,25,26);1H. The van der Waals surface area contributed by atoms with Crippen LogP contribution < -0.4 is 20.3 Å². The number of methoxy groups -OCH3 is 1. The number of hydrogen-bond acceptors (Lipinski definition) is 6. The maximum Gasteiger partial charge on any atom is 0.190 e. The van der Waals surface area contributed by atoms with Crippen LogP contribution in [0.5, 0.6) is 5.75 Å². The Labute approximate surface area is 213 Å². The topological polar surface area (TPSA) is 65.0 Å². The van der Waals surface area contributed by atoms with Gasteiger partial charge in [0, 0.05) is 69.5 Å². The predicted octanol–water partition coefficient (Wildman–Crippen LogP) is 3.25. The van der Waals surface area contributed by atoms with Gasteiger partial charge in [0.1, 0.15) is 5.75 Å². The molecule has 2 N–H and O–H groups in total. The first kappa shape index (κ1) is 26.7. The molecule has 3 rings (SSSR count). The zero-order valence-electron chi connectivity index (χ0n) is 19.5. The number of aryl methyl sites for hydroxylation is 1. The summed E-state index contributed by atoms with van der Waals surface area (Å²) in [6.45, 7) is 9.40.